The normalized spacial score (nSPS) is 14.7. The van der Waals surface area contributed by atoms with Crippen LogP contribution in [0.2, 0.25) is 0 Å². The lowest BCUT2D eigenvalue weighted by Gasteiger charge is -2.26. The topological polar surface area (TPSA) is 8.17 Å². The van der Waals surface area contributed by atoms with Gasteiger partial charge in [0, 0.05) is 75.3 Å². The molecule has 2 nitrogen and oxygen atoms in total. The molecule has 4 heteroatoms. The highest BCUT2D eigenvalue weighted by atomic mass is 32.2. The van der Waals surface area contributed by atoms with Crippen molar-refractivity contribution >= 4 is 82.0 Å². The number of nitrogens with zero attached hydrogens (tertiary/aromatic N) is 2. The standard InChI is InChI=1S/C72H48N2S2/c1-4-18-50(19-5-1)68-65-46-64(58-24-10-11-27-61(58)70(65)74(52-22-8-3-9-23-52)69(68)51-20-6-2-7-21-51)49-38-44-55(45-39-49)73(53-40-34-47(35-41-53)56-28-16-30-62-59-25-12-14-32-66(59)75-71(56)62)54-42-36-48(37-43-54)57-29-17-31-63-60-26-13-15-33-67(60)76-72(57)63/h1-46,59,66H. The molecule has 13 aromatic rings. The quantitative estimate of drug-likeness (QED) is 0.142. The predicted octanol–water partition coefficient (Wildman–Crippen LogP) is 20.6. The molecule has 3 heterocycles. The molecule has 2 unspecified atom stereocenters. The number of para-hydroxylation sites is 1. The fraction of sp³-hybridized carbons (Fsp3) is 0.0278. The second kappa shape index (κ2) is 18.5. The molecule has 1 aliphatic carbocycles. The van der Waals surface area contributed by atoms with Gasteiger partial charge in [0.15, 0.2) is 0 Å². The molecule has 0 radical (unpaired) electrons. The first-order chi connectivity index (χ1) is 37.7. The number of rotatable bonds is 9. The summed E-state index contributed by atoms with van der Waals surface area (Å²) < 4.78 is 5.13. The molecule has 0 N–H and O–H groups in total. The molecule has 1 aliphatic heterocycles. The van der Waals surface area contributed by atoms with Crippen molar-refractivity contribution in [3.05, 3.63) is 285 Å². The van der Waals surface area contributed by atoms with Crippen molar-refractivity contribution in [2.45, 2.75) is 16.1 Å². The second-order valence-corrected chi connectivity index (χ2v) is 22.1. The fourth-order valence-corrected chi connectivity index (χ4v) is 14.8. The van der Waals surface area contributed by atoms with Crippen LogP contribution in [0.4, 0.5) is 17.1 Å². The smallest absolute Gasteiger partial charge is 0.0620 e. The Kier molecular flexibility index (Phi) is 10.8. The SMILES string of the molecule is C1=CC2Sc3c(-c4ccc(N(c5ccc(-c6cc7c(-c8ccccc8)c(-c8ccccc8)n(-c8ccccc8)c7c7ccccc67)cc5)c5ccc(-c6cccc7c6sc6ccccc67)cc5)cc4)cccc3C2C=C1. The van der Waals surface area contributed by atoms with E-state index in [2.05, 4.69) is 289 Å². The number of hydrogen-bond acceptors (Lipinski definition) is 3. The van der Waals surface area contributed by atoms with Crippen LogP contribution in [0.3, 0.4) is 0 Å². The largest absolute Gasteiger partial charge is 0.311 e. The third-order valence-corrected chi connectivity index (χ3v) is 18.2. The predicted molar refractivity (Wildman–Crippen MR) is 326 cm³/mol. The van der Waals surface area contributed by atoms with Gasteiger partial charge in [-0.15, -0.1) is 23.1 Å². The van der Waals surface area contributed by atoms with E-state index in [1.54, 1.807) is 0 Å². The summed E-state index contributed by atoms with van der Waals surface area (Å²) in [5, 5.41) is 6.72. The number of fused-ring (bicyclic) bond motifs is 9. The Balaban J connectivity index is 0.876. The summed E-state index contributed by atoms with van der Waals surface area (Å²) >= 11 is 3.88. The van der Waals surface area contributed by atoms with E-state index in [4.69, 9.17) is 0 Å². The number of hydrogen-bond donors (Lipinski definition) is 0. The summed E-state index contributed by atoms with van der Waals surface area (Å²) in [5.74, 6) is 0.421. The van der Waals surface area contributed by atoms with Crippen LogP contribution in [0.1, 0.15) is 11.5 Å². The first-order valence-electron chi connectivity index (χ1n) is 26.1. The second-order valence-electron chi connectivity index (χ2n) is 19.9. The van der Waals surface area contributed by atoms with Gasteiger partial charge in [-0.25, -0.2) is 0 Å². The molecule has 0 spiro atoms. The van der Waals surface area contributed by atoms with Gasteiger partial charge in [0.1, 0.15) is 0 Å². The van der Waals surface area contributed by atoms with Crippen LogP contribution in [0, 0.1) is 0 Å². The van der Waals surface area contributed by atoms with Crippen molar-refractivity contribution in [2.24, 2.45) is 0 Å². The van der Waals surface area contributed by atoms with E-state index < -0.39 is 0 Å². The van der Waals surface area contributed by atoms with Crippen LogP contribution in [0.5, 0.6) is 0 Å². The Morgan fingerprint density at radius 3 is 1.62 bits per heavy atom. The maximum absolute atomic E-state index is 2.49. The van der Waals surface area contributed by atoms with Gasteiger partial charge < -0.3 is 9.47 Å². The van der Waals surface area contributed by atoms with Crippen LogP contribution < -0.4 is 4.90 Å². The van der Waals surface area contributed by atoms with Gasteiger partial charge in [0.05, 0.1) is 11.2 Å². The van der Waals surface area contributed by atoms with Crippen molar-refractivity contribution in [3.8, 4) is 61.5 Å². The lowest BCUT2D eigenvalue weighted by atomic mass is 9.90. The van der Waals surface area contributed by atoms with Gasteiger partial charge in [0.2, 0.25) is 0 Å². The maximum atomic E-state index is 2.49. The van der Waals surface area contributed by atoms with Crippen LogP contribution in [-0.4, -0.2) is 9.82 Å². The van der Waals surface area contributed by atoms with Gasteiger partial charge in [-0.2, -0.15) is 0 Å². The molecule has 11 aromatic carbocycles. The van der Waals surface area contributed by atoms with E-state index in [1.165, 1.54) is 103 Å². The Bertz CT molecular complexity index is 4400. The first-order valence-corrected chi connectivity index (χ1v) is 27.8. The summed E-state index contributed by atoms with van der Waals surface area (Å²) in [4.78, 5) is 3.81. The zero-order valence-corrected chi connectivity index (χ0v) is 43.1. The molecule has 0 fully saturated rings. The molecule has 15 rings (SSSR count). The average molecular weight is 1010 g/mol. The number of aromatic nitrogens is 1. The number of thiophene rings is 1. The zero-order valence-electron chi connectivity index (χ0n) is 41.4. The van der Waals surface area contributed by atoms with Gasteiger partial charge in [-0.05, 0) is 116 Å². The Morgan fingerprint density at radius 2 is 0.921 bits per heavy atom. The lowest BCUT2D eigenvalue weighted by Crippen LogP contribution is -2.09. The highest BCUT2D eigenvalue weighted by Crippen LogP contribution is 2.53. The van der Waals surface area contributed by atoms with E-state index in [0.29, 0.717) is 11.2 Å². The van der Waals surface area contributed by atoms with E-state index in [9.17, 15) is 0 Å². The minimum Gasteiger partial charge on any atom is -0.311 e. The molecule has 0 amide bonds. The first kappa shape index (κ1) is 44.5. The van der Waals surface area contributed by atoms with E-state index in [-0.39, 0.29) is 0 Å². The molecule has 2 atom stereocenters. The molecule has 0 saturated heterocycles. The zero-order chi connectivity index (χ0) is 50.1. The molecule has 76 heavy (non-hydrogen) atoms. The van der Waals surface area contributed by atoms with Crippen LogP contribution in [-0.2, 0) is 0 Å². The molecule has 0 saturated carbocycles. The van der Waals surface area contributed by atoms with Gasteiger partial charge in [0.25, 0.3) is 0 Å². The average Bonchev–Trinajstić information content (AvgIpc) is 4.21. The van der Waals surface area contributed by atoms with Gasteiger partial charge >= 0.3 is 0 Å². The van der Waals surface area contributed by atoms with E-state index in [1.807, 2.05) is 23.1 Å². The van der Waals surface area contributed by atoms with Crippen molar-refractivity contribution in [3.63, 3.8) is 0 Å². The lowest BCUT2D eigenvalue weighted by molar-refractivity contribution is 0.881. The van der Waals surface area contributed by atoms with E-state index in [0.717, 1.165) is 28.3 Å². The molecule has 0 bridgehead atoms. The molecule has 2 aliphatic rings. The minimum absolute atomic E-state index is 0.421. The number of thioether (sulfide) groups is 1. The van der Waals surface area contributed by atoms with Crippen molar-refractivity contribution < 1.29 is 0 Å². The Hall–Kier alpha value is -8.93. The van der Waals surface area contributed by atoms with Crippen molar-refractivity contribution in [1.29, 1.82) is 0 Å². The van der Waals surface area contributed by atoms with Gasteiger partial charge in [-0.1, -0.05) is 218 Å². The van der Waals surface area contributed by atoms with Crippen molar-refractivity contribution in [1.82, 2.24) is 4.57 Å². The number of anilines is 3. The summed E-state index contributed by atoms with van der Waals surface area (Å²) in [6, 6.07) is 94.1. The van der Waals surface area contributed by atoms with Gasteiger partial charge in [-0.3, -0.25) is 0 Å². The third kappa shape index (κ3) is 7.39. The summed E-state index contributed by atoms with van der Waals surface area (Å²) in [5.41, 5.74) is 19.2. The number of benzene rings is 11. The monoisotopic (exact) mass is 1000 g/mol. The Morgan fingerprint density at radius 1 is 0.382 bits per heavy atom. The Labute approximate surface area is 450 Å². The maximum Gasteiger partial charge on any atom is 0.0620 e. The highest BCUT2D eigenvalue weighted by molar-refractivity contribution is 8.00. The highest BCUT2D eigenvalue weighted by Gasteiger charge is 2.33. The summed E-state index contributed by atoms with van der Waals surface area (Å²) in [6.07, 6.45) is 9.11. The minimum atomic E-state index is 0.421. The summed E-state index contributed by atoms with van der Waals surface area (Å²) in [6.45, 7) is 0. The van der Waals surface area contributed by atoms with Crippen LogP contribution >= 0.6 is 23.1 Å². The molecular weight excluding hydrogens is 957 g/mol. The van der Waals surface area contributed by atoms with Crippen LogP contribution in [0.15, 0.2) is 284 Å². The molecule has 358 valence electrons. The third-order valence-electron chi connectivity index (χ3n) is 15.6. The summed E-state index contributed by atoms with van der Waals surface area (Å²) in [7, 11) is 0. The molecular formula is C72H48N2S2. The molecule has 2 aromatic heterocycles. The van der Waals surface area contributed by atoms with Crippen LogP contribution in [0.25, 0.3) is 103 Å². The van der Waals surface area contributed by atoms with Crippen molar-refractivity contribution in [2.75, 3.05) is 4.90 Å². The fourth-order valence-electron chi connectivity index (χ4n) is 12.1. The van der Waals surface area contributed by atoms with E-state index >= 15 is 0 Å². The number of allylic oxidation sites excluding steroid dienone is 3.